The maximum Gasteiger partial charge on any atom is 0.270 e. The molecule has 1 atom stereocenters. The van der Waals surface area contributed by atoms with Crippen LogP contribution < -0.4 is 10.9 Å². The zero-order chi connectivity index (χ0) is 15.1. The van der Waals surface area contributed by atoms with Gasteiger partial charge in [0.25, 0.3) is 5.56 Å². The van der Waals surface area contributed by atoms with Crippen LogP contribution in [0.5, 0.6) is 0 Å². The van der Waals surface area contributed by atoms with Crippen molar-refractivity contribution >= 4 is 11.7 Å². The van der Waals surface area contributed by atoms with E-state index in [4.69, 9.17) is 0 Å². The van der Waals surface area contributed by atoms with Gasteiger partial charge in [0, 0.05) is 12.3 Å². The minimum atomic E-state index is -0.156. The highest BCUT2D eigenvalue weighted by Gasteiger charge is 2.34. The van der Waals surface area contributed by atoms with Crippen LogP contribution in [0, 0.1) is 0 Å². The molecule has 1 aliphatic heterocycles. The lowest BCUT2D eigenvalue weighted by Gasteiger charge is -2.24. The molecular weight excluding hydrogens is 278 g/mol. The Labute approximate surface area is 128 Å². The number of benzene rings is 1. The van der Waals surface area contributed by atoms with E-state index in [-0.39, 0.29) is 17.4 Å². The summed E-state index contributed by atoms with van der Waals surface area (Å²) in [5, 5.41) is 5.88. The highest BCUT2D eigenvalue weighted by Crippen LogP contribution is 2.38. The van der Waals surface area contributed by atoms with Crippen molar-refractivity contribution in [3.8, 4) is 0 Å². The number of amides is 1. The molecule has 2 N–H and O–H groups in total. The van der Waals surface area contributed by atoms with Crippen molar-refractivity contribution in [2.24, 2.45) is 0 Å². The summed E-state index contributed by atoms with van der Waals surface area (Å²) in [5.41, 5.74) is 1.65. The molecule has 0 unspecified atom stereocenters. The first-order chi connectivity index (χ1) is 10.7. The molecule has 0 bridgehead atoms. The molecule has 0 spiro atoms. The Balaban J connectivity index is 1.84. The van der Waals surface area contributed by atoms with Gasteiger partial charge in [0.2, 0.25) is 5.91 Å². The van der Waals surface area contributed by atoms with Crippen LogP contribution in [0.1, 0.15) is 55.2 Å². The van der Waals surface area contributed by atoms with E-state index in [9.17, 15) is 9.59 Å². The third-order valence-corrected chi connectivity index (χ3v) is 4.85. The SMILES string of the molecule is O=C1C[C@@H](c2ccccc2)c2c(n(C3CCCC3)[nH]c2=O)N1. The van der Waals surface area contributed by atoms with Crippen LogP contribution in [0.25, 0.3) is 0 Å². The van der Waals surface area contributed by atoms with Gasteiger partial charge in [0.1, 0.15) is 5.82 Å². The fourth-order valence-corrected chi connectivity index (χ4v) is 3.79. The molecule has 1 fully saturated rings. The lowest BCUT2D eigenvalue weighted by atomic mass is 9.87. The van der Waals surface area contributed by atoms with E-state index in [2.05, 4.69) is 10.4 Å². The number of fused-ring (bicyclic) bond motifs is 1. The number of hydrogen-bond donors (Lipinski definition) is 2. The molecule has 1 saturated carbocycles. The summed E-state index contributed by atoms with van der Waals surface area (Å²) >= 11 is 0. The fourth-order valence-electron chi connectivity index (χ4n) is 3.79. The summed E-state index contributed by atoms with van der Waals surface area (Å²) < 4.78 is 1.90. The highest BCUT2D eigenvalue weighted by molar-refractivity contribution is 5.94. The number of anilines is 1. The van der Waals surface area contributed by atoms with Crippen molar-refractivity contribution in [3.63, 3.8) is 0 Å². The highest BCUT2D eigenvalue weighted by atomic mass is 16.2. The van der Waals surface area contributed by atoms with Gasteiger partial charge in [0.15, 0.2) is 0 Å². The van der Waals surface area contributed by atoms with Crippen LogP contribution in [-0.2, 0) is 4.79 Å². The minimum absolute atomic E-state index is 0.0212. The molecule has 1 aromatic heterocycles. The molecular formula is C17H19N3O2. The van der Waals surface area contributed by atoms with Gasteiger partial charge in [0.05, 0.1) is 11.6 Å². The summed E-state index contributed by atoms with van der Waals surface area (Å²) in [5.74, 6) is 0.505. The minimum Gasteiger partial charge on any atom is -0.311 e. The number of rotatable bonds is 2. The van der Waals surface area contributed by atoms with Gasteiger partial charge < -0.3 is 5.32 Å². The van der Waals surface area contributed by atoms with E-state index in [0.29, 0.717) is 23.8 Å². The Hall–Kier alpha value is -2.30. The van der Waals surface area contributed by atoms with Crippen molar-refractivity contribution in [1.82, 2.24) is 9.78 Å². The number of aromatic nitrogens is 2. The zero-order valence-electron chi connectivity index (χ0n) is 12.3. The largest absolute Gasteiger partial charge is 0.311 e. The molecule has 22 heavy (non-hydrogen) atoms. The standard InChI is InChI=1S/C17H19N3O2/c21-14-10-13(11-6-2-1-3-7-11)15-16(18-14)20(19-17(15)22)12-8-4-5-9-12/h1-3,6-7,12-13H,4-5,8-10H2,(H,18,21)(H,19,22)/t13-/m0/s1. The second-order valence-corrected chi connectivity index (χ2v) is 6.23. The molecule has 1 aliphatic carbocycles. The van der Waals surface area contributed by atoms with Crippen molar-refractivity contribution in [2.75, 3.05) is 5.32 Å². The van der Waals surface area contributed by atoms with E-state index in [0.717, 1.165) is 18.4 Å². The van der Waals surface area contributed by atoms with Crippen molar-refractivity contribution < 1.29 is 4.79 Å². The van der Waals surface area contributed by atoms with Crippen LogP contribution in [-0.4, -0.2) is 15.7 Å². The number of H-pyrrole nitrogens is 1. The average Bonchev–Trinajstić information content (AvgIpc) is 3.16. The predicted octanol–water partition coefficient (Wildman–Crippen LogP) is 2.77. The third-order valence-electron chi connectivity index (χ3n) is 4.85. The summed E-state index contributed by atoms with van der Waals surface area (Å²) in [7, 11) is 0. The van der Waals surface area contributed by atoms with Gasteiger partial charge >= 0.3 is 0 Å². The molecule has 2 aromatic rings. The Morgan fingerprint density at radius 2 is 1.77 bits per heavy atom. The Kier molecular flexibility index (Phi) is 3.13. The maximum atomic E-state index is 12.5. The second-order valence-electron chi connectivity index (χ2n) is 6.23. The zero-order valence-corrected chi connectivity index (χ0v) is 12.3. The van der Waals surface area contributed by atoms with Gasteiger partial charge in [-0.3, -0.25) is 19.4 Å². The third kappa shape index (κ3) is 2.08. The first-order valence-electron chi connectivity index (χ1n) is 7.93. The van der Waals surface area contributed by atoms with Crippen molar-refractivity contribution in [3.05, 3.63) is 51.8 Å². The molecule has 2 aliphatic rings. The Bertz CT molecular complexity index is 754. The van der Waals surface area contributed by atoms with Gasteiger partial charge in [-0.05, 0) is 18.4 Å². The second kappa shape index (κ2) is 5.16. The van der Waals surface area contributed by atoms with E-state index >= 15 is 0 Å². The van der Waals surface area contributed by atoms with Crippen LogP contribution in [0.3, 0.4) is 0 Å². The quantitative estimate of drug-likeness (QED) is 0.895. The molecule has 5 heteroatoms. The van der Waals surface area contributed by atoms with E-state index in [1.165, 1.54) is 12.8 Å². The molecule has 2 heterocycles. The summed E-state index contributed by atoms with van der Waals surface area (Å²) in [6.07, 6.45) is 4.80. The van der Waals surface area contributed by atoms with Gasteiger partial charge in [-0.1, -0.05) is 43.2 Å². The average molecular weight is 297 g/mol. The van der Waals surface area contributed by atoms with Crippen molar-refractivity contribution in [1.29, 1.82) is 0 Å². The topological polar surface area (TPSA) is 66.9 Å². The normalized spacial score (nSPS) is 21.6. The number of hydrogen-bond acceptors (Lipinski definition) is 2. The number of carbonyl (C=O) groups is 1. The van der Waals surface area contributed by atoms with Gasteiger partial charge in [-0.25, -0.2) is 0 Å². The first-order valence-corrected chi connectivity index (χ1v) is 7.93. The molecule has 0 radical (unpaired) electrons. The summed E-state index contributed by atoms with van der Waals surface area (Å²) in [6, 6.07) is 10.1. The van der Waals surface area contributed by atoms with E-state index in [1.54, 1.807) is 0 Å². The molecule has 0 saturated heterocycles. The molecule has 4 rings (SSSR count). The number of nitrogens with one attached hydrogen (secondary N) is 2. The van der Waals surface area contributed by atoms with Gasteiger partial charge in [-0.15, -0.1) is 0 Å². The van der Waals surface area contributed by atoms with Crippen LogP contribution >= 0.6 is 0 Å². The van der Waals surface area contributed by atoms with Gasteiger partial charge in [-0.2, -0.15) is 0 Å². The smallest absolute Gasteiger partial charge is 0.270 e. The Morgan fingerprint density at radius 3 is 2.50 bits per heavy atom. The molecule has 114 valence electrons. The van der Waals surface area contributed by atoms with E-state index in [1.807, 2.05) is 35.0 Å². The number of nitrogens with zero attached hydrogens (tertiary/aromatic N) is 1. The van der Waals surface area contributed by atoms with E-state index < -0.39 is 0 Å². The molecule has 1 amide bonds. The molecule has 5 nitrogen and oxygen atoms in total. The number of aromatic amines is 1. The van der Waals surface area contributed by atoms with Crippen LogP contribution in [0.15, 0.2) is 35.1 Å². The summed E-state index contributed by atoms with van der Waals surface area (Å²) in [4.78, 5) is 24.6. The lowest BCUT2D eigenvalue weighted by Crippen LogP contribution is -2.27. The monoisotopic (exact) mass is 297 g/mol. The number of carbonyl (C=O) groups excluding carboxylic acids is 1. The fraction of sp³-hybridized carbons (Fsp3) is 0.412. The first kappa shape index (κ1) is 13.4. The summed E-state index contributed by atoms with van der Waals surface area (Å²) in [6.45, 7) is 0. The van der Waals surface area contributed by atoms with Crippen molar-refractivity contribution in [2.45, 2.75) is 44.1 Å². The Morgan fingerprint density at radius 1 is 1.05 bits per heavy atom. The van der Waals surface area contributed by atoms with Crippen LogP contribution in [0.2, 0.25) is 0 Å². The molecule has 1 aromatic carbocycles. The van der Waals surface area contributed by atoms with Crippen LogP contribution in [0.4, 0.5) is 5.82 Å². The predicted molar refractivity (Wildman–Crippen MR) is 84.1 cm³/mol. The maximum absolute atomic E-state index is 12.5. The lowest BCUT2D eigenvalue weighted by molar-refractivity contribution is -0.116.